The molecule has 1 amide bonds. The topological polar surface area (TPSA) is 56.6 Å². The van der Waals surface area contributed by atoms with E-state index in [1.165, 1.54) is 0 Å². The summed E-state index contributed by atoms with van der Waals surface area (Å²) in [6.07, 6.45) is 3.49. The molecule has 2 aliphatic heterocycles. The minimum Gasteiger partial charge on any atom is -0.383 e. The molecule has 1 aromatic rings. The van der Waals surface area contributed by atoms with E-state index in [1.54, 1.807) is 7.11 Å². The highest BCUT2D eigenvalue weighted by Gasteiger charge is 2.39. The maximum absolute atomic E-state index is 13.0. The van der Waals surface area contributed by atoms with E-state index < -0.39 is 5.41 Å². The van der Waals surface area contributed by atoms with Gasteiger partial charge >= 0.3 is 0 Å². The van der Waals surface area contributed by atoms with Crippen LogP contribution in [0.1, 0.15) is 31.2 Å². The zero-order chi connectivity index (χ0) is 18.4. The van der Waals surface area contributed by atoms with E-state index in [1.807, 2.05) is 35.2 Å². The number of nitrogens with zero attached hydrogens (tertiary/aromatic N) is 3. The maximum Gasteiger partial charge on any atom is 0.226 e. The number of ether oxygens (including phenoxy) is 1. The van der Waals surface area contributed by atoms with Crippen LogP contribution < -0.4 is 0 Å². The lowest BCUT2D eigenvalue weighted by Gasteiger charge is -2.40. The Balaban J connectivity index is 1.59. The van der Waals surface area contributed by atoms with Crippen LogP contribution in [0.3, 0.4) is 0 Å². The van der Waals surface area contributed by atoms with Crippen molar-refractivity contribution in [3.63, 3.8) is 0 Å². The van der Waals surface area contributed by atoms with Crippen LogP contribution in [0.5, 0.6) is 0 Å². The first-order valence-corrected chi connectivity index (χ1v) is 9.65. The number of methoxy groups -OCH3 is 1. The summed E-state index contributed by atoms with van der Waals surface area (Å²) in [5.74, 6) is 0.360. The van der Waals surface area contributed by atoms with E-state index in [2.05, 4.69) is 11.0 Å². The van der Waals surface area contributed by atoms with Gasteiger partial charge in [-0.3, -0.25) is 4.79 Å². The lowest BCUT2D eigenvalue weighted by Crippen LogP contribution is -2.50. The van der Waals surface area contributed by atoms with Gasteiger partial charge in [-0.05, 0) is 37.8 Å². The van der Waals surface area contributed by atoms with Crippen molar-refractivity contribution < 1.29 is 9.53 Å². The van der Waals surface area contributed by atoms with Crippen LogP contribution >= 0.6 is 0 Å². The molecule has 2 aliphatic rings. The first-order chi connectivity index (χ1) is 12.7. The Morgan fingerprint density at radius 3 is 2.65 bits per heavy atom. The Morgan fingerprint density at radius 1 is 1.27 bits per heavy atom. The molecule has 0 saturated carbocycles. The van der Waals surface area contributed by atoms with E-state index in [0.717, 1.165) is 50.9 Å². The third-order valence-corrected chi connectivity index (χ3v) is 5.94. The molecule has 5 heteroatoms. The second-order valence-electron chi connectivity index (χ2n) is 7.52. The molecule has 3 rings (SSSR count). The first kappa shape index (κ1) is 18.9. The number of benzene rings is 1. The number of carbonyl (C=O) groups excluding carboxylic acids is 1. The van der Waals surface area contributed by atoms with Gasteiger partial charge < -0.3 is 14.5 Å². The molecule has 1 atom stereocenters. The number of likely N-dealkylation sites (tertiary alicyclic amines) is 2. The van der Waals surface area contributed by atoms with E-state index in [9.17, 15) is 10.1 Å². The van der Waals surface area contributed by atoms with Gasteiger partial charge in [-0.2, -0.15) is 5.26 Å². The third kappa shape index (κ3) is 4.08. The van der Waals surface area contributed by atoms with Crippen LogP contribution in [0, 0.1) is 17.2 Å². The van der Waals surface area contributed by atoms with Gasteiger partial charge in [0.15, 0.2) is 0 Å². The number of nitriles is 1. The molecule has 0 N–H and O–H groups in total. The zero-order valence-electron chi connectivity index (χ0n) is 15.7. The Kier molecular flexibility index (Phi) is 6.29. The predicted octanol–water partition coefficient (Wildman–Crippen LogP) is 2.43. The van der Waals surface area contributed by atoms with Crippen LogP contribution in [0.25, 0.3) is 0 Å². The number of piperidine rings is 2. The van der Waals surface area contributed by atoms with Crippen molar-refractivity contribution in [1.82, 2.24) is 9.80 Å². The fraction of sp³-hybridized carbons (Fsp3) is 0.619. The SMILES string of the molecule is COCCN1CCC[C@@H](C(=O)N2CCC(C#N)(c3ccccc3)CC2)C1. The molecule has 0 spiro atoms. The second-order valence-corrected chi connectivity index (χ2v) is 7.52. The van der Waals surface area contributed by atoms with Gasteiger partial charge in [0.2, 0.25) is 5.91 Å². The summed E-state index contributed by atoms with van der Waals surface area (Å²) in [5, 5.41) is 9.81. The molecule has 0 bridgehead atoms. The number of hydrogen-bond donors (Lipinski definition) is 0. The summed E-state index contributed by atoms with van der Waals surface area (Å²) in [4.78, 5) is 17.3. The molecule has 2 saturated heterocycles. The summed E-state index contributed by atoms with van der Waals surface area (Å²) in [6.45, 7) is 4.85. The van der Waals surface area contributed by atoms with Crippen LogP contribution in [0.15, 0.2) is 30.3 Å². The molecule has 0 aliphatic carbocycles. The maximum atomic E-state index is 13.0. The predicted molar refractivity (Wildman–Crippen MR) is 101 cm³/mol. The monoisotopic (exact) mass is 355 g/mol. The molecular formula is C21H29N3O2. The largest absolute Gasteiger partial charge is 0.383 e. The van der Waals surface area contributed by atoms with E-state index in [0.29, 0.717) is 19.7 Å². The van der Waals surface area contributed by atoms with Crippen molar-refractivity contribution in [3.05, 3.63) is 35.9 Å². The minimum absolute atomic E-state index is 0.0897. The molecule has 2 fully saturated rings. The quantitative estimate of drug-likeness (QED) is 0.814. The fourth-order valence-corrected chi connectivity index (χ4v) is 4.27. The first-order valence-electron chi connectivity index (χ1n) is 9.65. The van der Waals surface area contributed by atoms with Crippen LogP contribution in [-0.4, -0.2) is 62.1 Å². The molecule has 140 valence electrons. The van der Waals surface area contributed by atoms with Crippen molar-refractivity contribution in [2.45, 2.75) is 31.1 Å². The lowest BCUT2D eigenvalue weighted by atomic mass is 9.74. The van der Waals surface area contributed by atoms with Gasteiger partial charge in [0, 0.05) is 33.3 Å². The van der Waals surface area contributed by atoms with Crippen molar-refractivity contribution >= 4 is 5.91 Å². The van der Waals surface area contributed by atoms with E-state index in [4.69, 9.17) is 4.74 Å². The fourth-order valence-electron chi connectivity index (χ4n) is 4.27. The summed E-state index contributed by atoms with van der Waals surface area (Å²) >= 11 is 0. The highest BCUT2D eigenvalue weighted by Crippen LogP contribution is 2.35. The van der Waals surface area contributed by atoms with Crippen molar-refractivity contribution in [2.24, 2.45) is 5.92 Å². The number of carbonyl (C=O) groups is 1. The normalized spacial score (nSPS) is 23.4. The molecular weight excluding hydrogens is 326 g/mol. The molecule has 0 aromatic heterocycles. The summed E-state index contributed by atoms with van der Waals surface area (Å²) in [7, 11) is 1.72. The van der Waals surface area contributed by atoms with Crippen LogP contribution in [-0.2, 0) is 14.9 Å². The zero-order valence-corrected chi connectivity index (χ0v) is 15.7. The Hall–Kier alpha value is -1.90. The van der Waals surface area contributed by atoms with Crippen LogP contribution in [0.2, 0.25) is 0 Å². The Labute approximate surface area is 156 Å². The highest BCUT2D eigenvalue weighted by molar-refractivity contribution is 5.79. The van der Waals surface area contributed by atoms with Gasteiger partial charge in [0.05, 0.1) is 24.0 Å². The van der Waals surface area contributed by atoms with Crippen molar-refractivity contribution in [3.8, 4) is 6.07 Å². The van der Waals surface area contributed by atoms with Gasteiger partial charge in [0.25, 0.3) is 0 Å². The molecule has 2 heterocycles. The highest BCUT2D eigenvalue weighted by atomic mass is 16.5. The van der Waals surface area contributed by atoms with Gasteiger partial charge in [0.1, 0.15) is 0 Å². The van der Waals surface area contributed by atoms with E-state index in [-0.39, 0.29) is 11.8 Å². The smallest absolute Gasteiger partial charge is 0.226 e. The minimum atomic E-state index is -0.449. The van der Waals surface area contributed by atoms with Crippen molar-refractivity contribution in [2.75, 3.05) is 46.4 Å². The Bertz CT molecular complexity index is 632. The molecule has 1 aromatic carbocycles. The van der Waals surface area contributed by atoms with Gasteiger partial charge in [-0.15, -0.1) is 0 Å². The van der Waals surface area contributed by atoms with E-state index >= 15 is 0 Å². The second kappa shape index (κ2) is 8.66. The number of rotatable bonds is 5. The lowest BCUT2D eigenvalue weighted by molar-refractivity contribution is -0.138. The number of amides is 1. The average molecular weight is 355 g/mol. The summed E-state index contributed by atoms with van der Waals surface area (Å²) < 4.78 is 5.17. The number of hydrogen-bond acceptors (Lipinski definition) is 4. The average Bonchev–Trinajstić information content (AvgIpc) is 2.72. The standard InChI is InChI=1S/C21H29N3O2/c1-26-15-14-23-11-5-6-18(16-23)20(25)24-12-9-21(17-22,10-13-24)19-7-3-2-4-8-19/h2-4,7-8,18H,5-6,9-16H2,1H3/t18-/m1/s1. The summed E-state index contributed by atoms with van der Waals surface area (Å²) in [6, 6.07) is 12.6. The molecule has 0 unspecified atom stereocenters. The van der Waals surface area contributed by atoms with Crippen molar-refractivity contribution in [1.29, 1.82) is 5.26 Å². The summed E-state index contributed by atoms with van der Waals surface area (Å²) in [5.41, 5.74) is 0.632. The molecule has 0 radical (unpaired) electrons. The van der Waals surface area contributed by atoms with Gasteiger partial charge in [-0.1, -0.05) is 30.3 Å². The van der Waals surface area contributed by atoms with Crippen LogP contribution in [0.4, 0.5) is 0 Å². The third-order valence-electron chi connectivity index (χ3n) is 5.94. The molecule has 26 heavy (non-hydrogen) atoms. The molecule has 5 nitrogen and oxygen atoms in total. The Morgan fingerprint density at radius 2 is 2.00 bits per heavy atom. The van der Waals surface area contributed by atoms with Gasteiger partial charge in [-0.25, -0.2) is 0 Å².